The van der Waals surface area contributed by atoms with E-state index in [0.717, 1.165) is 21.7 Å². The minimum atomic E-state index is -0.0593. The lowest BCUT2D eigenvalue weighted by molar-refractivity contribution is 0.459. The van der Waals surface area contributed by atoms with Crippen LogP contribution in [-0.4, -0.2) is 6.54 Å². The number of anilines is 1. The Kier molecular flexibility index (Phi) is 4.32. The first-order valence-electron chi connectivity index (χ1n) is 5.58. The van der Waals surface area contributed by atoms with Gasteiger partial charge in [-0.15, -0.1) is 0 Å². The summed E-state index contributed by atoms with van der Waals surface area (Å²) < 4.78 is 6.45. The molecular weight excluding hydrogens is 316 g/mol. The molecule has 1 heterocycles. The van der Waals surface area contributed by atoms with Crippen molar-refractivity contribution in [1.82, 2.24) is 0 Å². The molecule has 96 valence electrons. The monoisotopic (exact) mass is 328 g/mol. The predicted octanol–water partition coefficient (Wildman–Crippen LogP) is 4.12. The number of halogens is 2. The van der Waals surface area contributed by atoms with Gasteiger partial charge in [0.2, 0.25) is 0 Å². The van der Waals surface area contributed by atoms with Crippen LogP contribution in [0.3, 0.4) is 0 Å². The third-order valence-electron chi connectivity index (χ3n) is 2.60. The molecule has 0 fully saturated rings. The van der Waals surface area contributed by atoms with Gasteiger partial charge in [0.05, 0.1) is 11.1 Å². The Labute approximate surface area is 119 Å². The van der Waals surface area contributed by atoms with Crippen LogP contribution in [0.25, 0.3) is 0 Å². The Balaban J connectivity index is 2.17. The average Bonchev–Trinajstić information content (AvgIpc) is 2.77. The summed E-state index contributed by atoms with van der Waals surface area (Å²) in [5, 5.41) is 3.96. The number of nitrogens with two attached hydrogens (primary N) is 1. The molecule has 5 heteroatoms. The quantitative estimate of drug-likeness (QED) is 0.887. The molecule has 2 rings (SSSR count). The van der Waals surface area contributed by atoms with Gasteiger partial charge in [-0.05, 0) is 53.2 Å². The van der Waals surface area contributed by atoms with Crippen LogP contribution in [0.2, 0.25) is 5.02 Å². The number of hydrogen-bond acceptors (Lipinski definition) is 3. The van der Waals surface area contributed by atoms with Crippen molar-refractivity contribution in [3.8, 4) is 0 Å². The largest absolute Gasteiger partial charge is 0.464 e. The first kappa shape index (κ1) is 13.5. The lowest BCUT2D eigenvalue weighted by Crippen LogP contribution is -2.20. The number of rotatable bonds is 4. The Morgan fingerprint density at radius 2 is 2.17 bits per heavy atom. The highest BCUT2D eigenvalue weighted by Gasteiger charge is 2.13. The lowest BCUT2D eigenvalue weighted by atomic mass is 10.2. The number of furan rings is 1. The highest BCUT2D eigenvalue weighted by atomic mass is 79.9. The molecule has 3 nitrogen and oxygen atoms in total. The molecule has 1 unspecified atom stereocenters. The lowest BCUT2D eigenvalue weighted by Gasteiger charge is -2.16. The fourth-order valence-electron chi connectivity index (χ4n) is 1.67. The van der Waals surface area contributed by atoms with Gasteiger partial charge in [-0.3, -0.25) is 0 Å². The minimum absolute atomic E-state index is 0.0593. The molecule has 1 aromatic carbocycles. The van der Waals surface area contributed by atoms with Crippen LogP contribution in [-0.2, 0) is 0 Å². The summed E-state index contributed by atoms with van der Waals surface area (Å²) in [6, 6.07) is 9.48. The summed E-state index contributed by atoms with van der Waals surface area (Å²) in [4.78, 5) is 0. The third-order valence-corrected chi connectivity index (χ3v) is 3.83. The molecule has 0 bridgehead atoms. The van der Waals surface area contributed by atoms with Crippen LogP contribution in [0.1, 0.15) is 17.6 Å². The van der Waals surface area contributed by atoms with Gasteiger partial charge in [0.1, 0.15) is 11.5 Å². The van der Waals surface area contributed by atoms with Crippen LogP contribution in [0.4, 0.5) is 5.69 Å². The van der Waals surface area contributed by atoms with Gasteiger partial charge in [-0.2, -0.15) is 0 Å². The van der Waals surface area contributed by atoms with Crippen LogP contribution >= 0.6 is 27.5 Å². The first-order valence-corrected chi connectivity index (χ1v) is 6.75. The maximum absolute atomic E-state index is 6.05. The van der Waals surface area contributed by atoms with Crippen molar-refractivity contribution in [3.63, 3.8) is 0 Å². The number of nitrogens with one attached hydrogen (secondary N) is 1. The Hall–Kier alpha value is -0.970. The van der Waals surface area contributed by atoms with Crippen LogP contribution in [0, 0.1) is 6.92 Å². The molecule has 0 saturated carbocycles. The van der Waals surface area contributed by atoms with Gasteiger partial charge in [0.25, 0.3) is 0 Å². The van der Waals surface area contributed by atoms with Crippen LogP contribution in [0.15, 0.2) is 39.2 Å². The summed E-state index contributed by atoms with van der Waals surface area (Å²) in [6.45, 7) is 2.36. The zero-order valence-electron chi connectivity index (χ0n) is 9.91. The molecule has 0 aliphatic rings. The maximum atomic E-state index is 6.05. The molecule has 0 radical (unpaired) electrons. The van der Waals surface area contributed by atoms with Gasteiger partial charge >= 0.3 is 0 Å². The number of hydrogen-bond donors (Lipinski definition) is 2. The SMILES string of the molecule is Cc1ccc(C(CN)Nc2ccc(Br)c(Cl)c2)o1. The average molecular weight is 330 g/mol. The second kappa shape index (κ2) is 5.78. The number of aryl methyl sites for hydroxylation is 1. The number of benzene rings is 1. The normalized spacial score (nSPS) is 12.4. The van der Waals surface area contributed by atoms with E-state index in [9.17, 15) is 0 Å². The zero-order chi connectivity index (χ0) is 13.1. The second-order valence-corrected chi connectivity index (χ2v) is 5.27. The molecule has 18 heavy (non-hydrogen) atoms. The fraction of sp³-hybridized carbons (Fsp3) is 0.231. The van der Waals surface area contributed by atoms with Gasteiger partial charge < -0.3 is 15.5 Å². The highest BCUT2D eigenvalue weighted by Crippen LogP contribution is 2.28. The predicted molar refractivity (Wildman–Crippen MR) is 78.0 cm³/mol. The van der Waals surface area contributed by atoms with E-state index in [2.05, 4.69) is 21.2 Å². The van der Waals surface area contributed by atoms with Gasteiger partial charge in [-0.1, -0.05) is 11.6 Å². The maximum Gasteiger partial charge on any atom is 0.127 e. The fourth-order valence-corrected chi connectivity index (χ4v) is 2.10. The van der Waals surface area contributed by atoms with Gasteiger partial charge in [-0.25, -0.2) is 0 Å². The van der Waals surface area contributed by atoms with Crippen molar-refractivity contribution < 1.29 is 4.42 Å². The van der Waals surface area contributed by atoms with E-state index in [1.54, 1.807) is 0 Å². The summed E-state index contributed by atoms with van der Waals surface area (Å²) in [5.41, 5.74) is 6.68. The van der Waals surface area contributed by atoms with Crippen molar-refractivity contribution in [3.05, 3.63) is 51.3 Å². The smallest absolute Gasteiger partial charge is 0.127 e. The minimum Gasteiger partial charge on any atom is -0.464 e. The third kappa shape index (κ3) is 3.07. The highest BCUT2D eigenvalue weighted by molar-refractivity contribution is 9.10. The Bertz CT molecular complexity index is 542. The molecule has 3 N–H and O–H groups in total. The molecule has 0 spiro atoms. The van der Waals surface area contributed by atoms with Gasteiger partial charge in [0, 0.05) is 16.7 Å². The van der Waals surface area contributed by atoms with Gasteiger partial charge in [0.15, 0.2) is 0 Å². The molecule has 0 amide bonds. The van der Waals surface area contributed by atoms with Crippen molar-refractivity contribution in [2.45, 2.75) is 13.0 Å². The zero-order valence-corrected chi connectivity index (χ0v) is 12.3. The summed E-state index contributed by atoms with van der Waals surface area (Å²) >= 11 is 9.41. The van der Waals surface area contributed by atoms with E-state index >= 15 is 0 Å². The molecule has 0 aliphatic heterocycles. The Morgan fingerprint density at radius 3 is 2.72 bits per heavy atom. The molecule has 1 aromatic heterocycles. The van der Waals surface area contributed by atoms with E-state index in [-0.39, 0.29) is 6.04 Å². The summed E-state index contributed by atoms with van der Waals surface area (Å²) in [5.74, 6) is 1.70. The van der Waals surface area contributed by atoms with E-state index in [4.69, 9.17) is 21.8 Å². The van der Waals surface area contributed by atoms with E-state index in [0.29, 0.717) is 11.6 Å². The molecule has 2 aromatic rings. The Morgan fingerprint density at radius 1 is 1.39 bits per heavy atom. The van der Waals surface area contributed by atoms with Crippen molar-refractivity contribution in [2.24, 2.45) is 5.73 Å². The van der Waals surface area contributed by atoms with E-state index in [1.165, 1.54) is 0 Å². The summed E-state index contributed by atoms with van der Waals surface area (Å²) in [6.07, 6.45) is 0. The molecular formula is C13H14BrClN2O. The van der Waals surface area contributed by atoms with Crippen LogP contribution in [0.5, 0.6) is 0 Å². The molecule has 0 aliphatic carbocycles. The topological polar surface area (TPSA) is 51.2 Å². The standard InChI is InChI=1S/C13H14BrClN2O/c1-8-2-5-13(18-8)12(7-16)17-9-3-4-10(14)11(15)6-9/h2-6,12,17H,7,16H2,1H3. The summed E-state index contributed by atoms with van der Waals surface area (Å²) in [7, 11) is 0. The first-order chi connectivity index (χ1) is 8.60. The van der Waals surface area contributed by atoms with Crippen molar-refractivity contribution in [1.29, 1.82) is 0 Å². The molecule has 0 saturated heterocycles. The van der Waals surface area contributed by atoms with Crippen molar-refractivity contribution >= 4 is 33.2 Å². The second-order valence-electron chi connectivity index (χ2n) is 4.01. The van der Waals surface area contributed by atoms with Crippen LogP contribution < -0.4 is 11.1 Å². The van der Waals surface area contributed by atoms with Crippen molar-refractivity contribution in [2.75, 3.05) is 11.9 Å². The molecule has 1 atom stereocenters. The van der Waals surface area contributed by atoms with E-state index < -0.39 is 0 Å². The van der Waals surface area contributed by atoms with E-state index in [1.807, 2.05) is 37.3 Å².